The van der Waals surface area contributed by atoms with Crippen LogP contribution in [-0.4, -0.2) is 125 Å². The van der Waals surface area contributed by atoms with Gasteiger partial charge in [-0.25, -0.2) is 0 Å². The van der Waals surface area contributed by atoms with Crippen molar-refractivity contribution in [3.8, 4) is 0 Å². The fourth-order valence-electron chi connectivity index (χ4n) is 10.2. The van der Waals surface area contributed by atoms with Crippen LogP contribution in [0.5, 0.6) is 0 Å². The zero-order valence-electron chi connectivity index (χ0n) is 44.8. The molecule has 0 aliphatic carbocycles. The molecule has 5 amide bonds. The number of likely N-dealkylation sites (N-methyl/N-ethyl adjacent to an activating group) is 1. The molecule has 6 rings (SSSR count). The number of benzene rings is 4. The first-order valence-electron chi connectivity index (χ1n) is 26.5. The second kappa shape index (κ2) is 24.7. The SMILES string of the molecule is CC[C@@H](C)C(=O)N[C@H](C(=O)N1CCC[C@H]1CN(CCc1ccccc1)C(=O)c1ccc2cc(C(=O)N(CCc3ccccc3)C[C@@H]3CCCN3C(=O)[C@@H](CC(=O)[C@H](C)NC)C(C)(C)C)ccc2c1)C(C)(C)C. The van der Waals surface area contributed by atoms with Gasteiger partial charge < -0.3 is 30.2 Å². The van der Waals surface area contributed by atoms with E-state index < -0.39 is 22.8 Å². The molecule has 0 saturated carbocycles. The van der Waals surface area contributed by atoms with E-state index in [1.165, 1.54) is 0 Å². The van der Waals surface area contributed by atoms with E-state index in [-0.39, 0.29) is 65.8 Å². The number of Topliss-reactive ketones (excluding diaryl/α,β-unsaturated/α-hetero) is 1. The molecule has 12 nitrogen and oxygen atoms in total. The van der Waals surface area contributed by atoms with E-state index in [1.54, 1.807) is 7.05 Å². The number of nitrogens with zero attached hydrogens (tertiary/aromatic N) is 4. The second-order valence-electron chi connectivity index (χ2n) is 22.6. The predicted molar refractivity (Wildman–Crippen MR) is 287 cm³/mol. The Hall–Kier alpha value is -5.88. The summed E-state index contributed by atoms with van der Waals surface area (Å²) in [5.74, 6) is -1.24. The highest BCUT2D eigenvalue weighted by atomic mass is 16.2. The maximum absolute atomic E-state index is 14.8. The molecule has 2 aliphatic heterocycles. The van der Waals surface area contributed by atoms with Crippen molar-refractivity contribution >= 4 is 46.1 Å². The molecule has 2 N–H and O–H groups in total. The summed E-state index contributed by atoms with van der Waals surface area (Å²) in [5.41, 5.74) is 2.30. The number of carbonyl (C=O) groups is 6. The first kappa shape index (κ1) is 55.4. The molecule has 2 fully saturated rings. The van der Waals surface area contributed by atoms with Crippen LogP contribution in [0.15, 0.2) is 97.1 Å². The Morgan fingerprint density at radius 2 is 1.10 bits per heavy atom. The van der Waals surface area contributed by atoms with Gasteiger partial charge in [0.25, 0.3) is 11.8 Å². The number of carbonyl (C=O) groups excluding carboxylic acids is 6. The minimum absolute atomic E-state index is 0.00815. The molecule has 2 saturated heterocycles. The first-order chi connectivity index (χ1) is 34.2. The van der Waals surface area contributed by atoms with Crippen LogP contribution in [0.25, 0.3) is 10.8 Å². The molecule has 2 aliphatic rings. The minimum atomic E-state index is -0.704. The van der Waals surface area contributed by atoms with Crippen molar-refractivity contribution in [3.63, 3.8) is 0 Å². The Morgan fingerprint density at radius 3 is 1.51 bits per heavy atom. The number of likely N-dealkylation sites (tertiary alicyclic amines) is 2. The third-order valence-corrected chi connectivity index (χ3v) is 15.2. The Kier molecular flexibility index (Phi) is 19.0. The summed E-state index contributed by atoms with van der Waals surface area (Å²) in [6, 6.07) is 30.0. The molecule has 4 aromatic rings. The number of amides is 5. The van der Waals surface area contributed by atoms with Gasteiger partial charge in [0.05, 0.1) is 6.04 Å². The summed E-state index contributed by atoms with van der Waals surface area (Å²) in [7, 11) is 1.75. The summed E-state index contributed by atoms with van der Waals surface area (Å²) in [6.07, 6.45) is 5.25. The van der Waals surface area contributed by atoms with Gasteiger partial charge in [0.1, 0.15) is 11.8 Å². The Morgan fingerprint density at radius 1 is 0.639 bits per heavy atom. The zero-order chi connectivity index (χ0) is 52.3. The molecule has 388 valence electrons. The van der Waals surface area contributed by atoms with Crippen molar-refractivity contribution in [2.45, 2.75) is 138 Å². The molecule has 12 heteroatoms. The molecular formula is C60H82N6O6. The minimum Gasteiger partial charge on any atom is -0.344 e. The fourth-order valence-corrected chi connectivity index (χ4v) is 10.2. The molecule has 0 aromatic heterocycles. The number of nitrogens with one attached hydrogen (secondary N) is 2. The zero-order valence-corrected chi connectivity index (χ0v) is 44.8. The largest absolute Gasteiger partial charge is 0.344 e. The van der Waals surface area contributed by atoms with Gasteiger partial charge in [-0.05, 0) is 116 Å². The lowest BCUT2D eigenvalue weighted by atomic mass is 9.76. The van der Waals surface area contributed by atoms with Gasteiger partial charge in [-0.3, -0.25) is 28.8 Å². The van der Waals surface area contributed by atoms with E-state index in [0.29, 0.717) is 69.7 Å². The van der Waals surface area contributed by atoms with Crippen molar-refractivity contribution in [2.75, 3.05) is 46.3 Å². The van der Waals surface area contributed by atoms with Gasteiger partial charge in [0.15, 0.2) is 0 Å². The van der Waals surface area contributed by atoms with Crippen molar-refractivity contribution < 1.29 is 28.8 Å². The Bertz CT molecular complexity index is 2330. The highest BCUT2D eigenvalue weighted by Gasteiger charge is 2.43. The van der Waals surface area contributed by atoms with Gasteiger partial charge in [-0.15, -0.1) is 0 Å². The first-order valence-corrected chi connectivity index (χ1v) is 26.5. The summed E-state index contributed by atoms with van der Waals surface area (Å²) in [5, 5.41) is 7.75. The normalized spacial score (nSPS) is 17.8. The van der Waals surface area contributed by atoms with Crippen LogP contribution in [-0.2, 0) is 32.0 Å². The molecule has 0 spiro atoms. The maximum atomic E-state index is 14.8. The number of hydrogen-bond donors (Lipinski definition) is 2. The van der Waals surface area contributed by atoms with Crippen LogP contribution in [0.4, 0.5) is 0 Å². The van der Waals surface area contributed by atoms with E-state index in [9.17, 15) is 28.8 Å². The Balaban J connectivity index is 1.24. The average Bonchev–Trinajstić information content (AvgIpc) is 4.05. The third-order valence-electron chi connectivity index (χ3n) is 15.2. The van der Waals surface area contributed by atoms with Crippen LogP contribution >= 0.6 is 0 Å². The smallest absolute Gasteiger partial charge is 0.253 e. The summed E-state index contributed by atoms with van der Waals surface area (Å²) >= 11 is 0. The van der Waals surface area contributed by atoms with Crippen LogP contribution in [0.2, 0.25) is 0 Å². The number of ketones is 1. The second-order valence-corrected chi connectivity index (χ2v) is 22.6. The summed E-state index contributed by atoms with van der Waals surface area (Å²) < 4.78 is 0. The average molecular weight is 983 g/mol. The molecule has 2 heterocycles. The molecule has 0 bridgehead atoms. The number of fused-ring (bicyclic) bond motifs is 1. The van der Waals surface area contributed by atoms with Gasteiger partial charge in [0, 0.05) is 80.7 Å². The summed E-state index contributed by atoms with van der Waals surface area (Å²) in [6.45, 7) is 20.4. The highest BCUT2D eigenvalue weighted by molar-refractivity contribution is 6.02. The van der Waals surface area contributed by atoms with E-state index in [4.69, 9.17) is 0 Å². The quantitative estimate of drug-likeness (QED) is 0.0850. The number of rotatable bonds is 21. The van der Waals surface area contributed by atoms with Gasteiger partial charge >= 0.3 is 0 Å². The van der Waals surface area contributed by atoms with E-state index in [0.717, 1.165) is 47.6 Å². The molecule has 72 heavy (non-hydrogen) atoms. The lowest BCUT2D eigenvalue weighted by molar-refractivity contribution is -0.143. The van der Waals surface area contributed by atoms with E-state index in [1.807, 2.05) is 155 Å². The van der Waals surface area contributed by atoms with Crippen LogP contribution in [0, 0.1) is 22.7 Å². The Labute approximate surface area is 429 Å². The van der Waals surface area contributed by atoms with Gasteiger partial charge in [-0.1, -0.05) is 128 Å². The molecular weight excluding hydrogens is 901 g/mol. The van der Waals surface area contributed by atoms with Crippen molar-refractivity contribution in [1.29, 1.82) is 0 Å². The summed E-state index contributed by atoms with van der Waals surface area (Å²) in [4.78, 5) is 92.3. The maximum Gasteiger partial charge on any atom is 0.253 e. The predicted octanol–water partition coefficient (Wildman–Crippen LogP) is 9.00. The lowest BCUT2D eigenvalue weighted by Crippen LogP contribution is -2.57. The van der Waals surface area contributed by atoms with Gasteiger partial charge in [0.2, 0.25) is 17.7 Å². The van der Waals surface area contributed by atoms with Gasteiger partial charge in [-0.2, -0.15) is 0 Å². The van der Waals surface area contributed by atoms with Crippen LogP contribution in [0.1, 0.15) is 133 Å². The molecule has 6 atom stereocenters. The topological polar surface area (TPSA) is 139 Å². The van der Waals surface area contributed by atoms with Crippen molar-refractivity contribution in [3.05, 3.63) is 119 Å². The van der Waals surface area contributed by atoms with Crippen molar-refractivity contribution in [2.24, 2.45) is 22.7 Å². The van der Waals surface area contributed by atoms with Crippen molar-refractivity contribution in [1.82, 2.24) is 30.2 Å². The van der Waals surface area contributed by atoms with Crippen LogP contribution < -0.4 is 10.6 Å². The number of hydrogen-bond acceptors (Lipinski definition) is 7. The standard InChI is InChI=1S/C60H82N6O6/c1-11-41(2)54(68)62-53(60(7,8)9)58(72)66-33-19-25-50(66)40-64(35-31-44-22-16-13-17-23-44)56(70)48-29-27-45-36-47(28-26-46(45)37-48)55(69)63(34-30-43-20-14-12-15-21-43)39-49-24-18-32-65(49)57(71)51(59(4,5)6)38-52(67)42(3)61-10/h12-17,20-23,26-29,36-37,41-42,49-51,53,61H,11,18-19,24-25,30-35,38-40H2,1-10H3,(H,62,68)/t41-,42+,49+,50+,51-,53-/m1/s1. The molecule has 0 radical (unpaired) electrons. The van der Waals surface area contributed by atoms with E-state index in [2.05, 4.69) is 34.9 Å². The third kappa shape index (κ3) is 14.2. The van der Waals surface area contributed by atoms with Crippen LogP contribution in [0.3, 0.4) is 0 Å². The van der Waals surface area contributed by atoms with E-state index >= 15 is 0 Å². The molecule has 0 unspecified atom stereocenters. The molecule has 4 aromatic carbocycles. The highest BCUT2D eigenvalue weighted by Crippen LogP contribution is 2.34. The fraction of sp³-hybridized carbons (Fsp3) is 0.533. The lowest BCUT2D eigenvalue weighted by Gasteiger charge is -2.37. The monoisotopic (exact) mass is 983 g/mol.